The summed E-state index contributed by atoms with van der Waals surface area (Å²) in [6.07, 6.45) is 7.40. The molecule has 2 saturated heterocycles. The number of rotatable bonds is 8. The standard InChI is InChI=1S/C31H52N6O2/c1-19-13-20(2)35-31(39)28(19)17-34-30(38)27-14-23(22-7-10-25(33-16-22)18-36(4)5)15-29(21(27)3)37(6)26-11-8-24(32)9-12-26/h14-15,19-20,22,24-26,28,33H,7-13,16-18,32H2,1-6H3,(H,34,38)(H,35,39). The molecule has 8 heteroatoms. The SMILES string of the molecule is Cc1c(C(=O)NCC2C(=O)NC(C)CC2C)cc(C2CCC(CN(C)C)NC2)cc1N(C)C1CCC(N)CC1. The van der Waals surface area contributed by atoms with E-state index in [4.69, 9.17) is 5.73 Å². The minimum absolute atomic E-state index is 0.0449. The lowest BCUT2D eigenvalue weighted by Gasteiger charge is -2.37. The van der Waals surface area contributed by atoms with Crippen LogP contribution in [0.5, 0.6) is 0 Å². The topological polar surface area (TPSA) is 103 Å². The van der Waals surface area contributed by atoms with E-state index in [0.717, 1.165) is 74.8 Å². The van der Waals surface area contributed by atoms with Crippen LogP contribution in [0.25, 0.3) is 0 Å². The minimum Gasteiger partial charge on any atom is -0.371 e. The molecule has 0 radical (unpaired) electrons. The van der Waals surface area contributed by atoms with Gasteiger partial charge in [0, 0.05) is 62.1 Å². The fourth-order valence-corrected chi connectivity index (χ4v) is 7.02. The van der Waals surface area contributed by atoms with E-state index in [-0.39, 0.29) is 29.7 Å². The molecular formula is C31H52N6O2. The minimum atomic E-state index is -0.196. The van der Waals surface area contributed by atoms with Gasteiger partial charge in [-0.1, -0.05) is 6.92 Å². The van der Waals surface area contributed by atoms with Crippen molar-refractivity contribution >= 4 is 17.5 Å². The number of likely N-dealkylation sites (N-methyl/N-ethyl adjacent to an activating group) is 1. The molecule has 0 bridgehead atoms. The van der Waals surface area contributed by atoms with E-state index >= 15 is 0 Å². The number of anilines is 1. The van der Waals surface area contributed by atoms with Crippen LogP contribution in [-0.4, -0.2) is 81.7 Å². The van der Waals surface area contributed by atoms with Gasteiger partial charge in [0.25, 0.3) is 5.91 Å². The number of hydrogen-bond donors (Lipinski definition) is 4. The normalized spacial score (nSPS) is 31.6. The van der Waals surface area contributed by atoms with Gasteiger partial charge in [-0.05, 0) is 108 Å². The van der Waals surface area contributed by atoms with Crippen LogP contribution in [0.4, 0.5) is 5.69 Å². The number of nitrogens with one attached hydrogen (secondary N) is 3. The maximum Gasteiger partial charge on any atom is 0.251 e. The molecule has 5 N–H and O–H groups in total. The summed E-state index contributed by atoms with van der Waals surface area (Å²) in [5.74, 6) is 0.377. The van der Waals surface area contributed by atoms with E-state index in [9.17, 15) is 9.59 Å². The highest BCUT2D eigenvalue weighted by Gasteiger charge is 2.33. The summed E-state index contributed by atoms with van der Waals surface area (Å²) in [7, 11) is 6.42. The molecule has 1 aromatic rings. The van der Waals surface area contributed by atoms with Crippen LogP contribution in [0.1, 0.15) is 86.2 Å². The molecule has 1 aromatic carbocycles. The highest BCUT2D eigenvalue weighted by atomic mass is 16.2. The first-order chi connectivity index (χ1) is 18.5. The molecule has 4 rings (SSSR count). The summed E-state index contributed by atoms with van der Waals surface area (Å²) in [6.45, 7) is 8.55. The van der Waals surface area contributed by atoms with Crippen LogP contribution in [-0.2, 0) is 4.79 Å². The molecule has 3 aliphatic rings. The predicted molar refractivity (Wildman–Crippen MR) is 159 cm³/mol. The second kappa shape index (κ2) is 13.0. The fourth-order valence-electron chi connectivity index (χ4n) is 7.02. The molecule has 39 heavy (non-hydrogen) atoms. The van der Waals surface area contributed by atoms with Crippen molar-refractivity contribution in [3.8, 4) is 0 Å². The number of amides is 2. The average molecular weight is 541 g/mol. The van der Waals surface area contributed by atoms with Crippen molar-refractivity contribution in [1.29, 1.82) is 0 Å². The number of nitrogens with two attached hydrogens (primary N) is 1. The third kappa shape index (κ3) is 7.33. The molecule has 8 nitrogen and oxygen atoms in total. The van der Waals surface area contributed by atoms with Gasteiger partial charge in [-0.2, -0.15) is 0 Å². The lowest BCUT2D eigenvalue weighted by Crippen LogP contribution is -2.50. The smallest absolute Gasteiger partial charge is 0.251 e. The summed E-state index contributed by atoms with van der Waals surface area (Å²) < 4.78 is 0. The Morgan fingerprint density at radius 2 is 1.79 bits per heavy atom. The molecule has 1 saturated carbocycles. The largest absolute Gasteiger partial charge is 0.371 e. The third-order valence-electron chi connectivity index (χ3n) is 9.51. The summed E-state index contributed by atoms with van der Waals surface area (Å²) in [5, 5.41) is 9.94. The van der Waals surface area contributed by atoms with Crippen molar-refractivity contribution in [2.24, 2.45) is 17.6 Å². The van der Waals surface area contributed by atoms with E-state index in [1.54, 1.807) is 0 Å². The Hall–Kier alpha value is -2.16. The molecule has 5 unspecified atom stereocenters. The van der Waals surface area contributed by atoms with Crippen LogP contribution < -0.4 is 26.6 Å². The molecule has 0 aromatic heterocycles. The molecule has 5 atom stereocenters. The number of benzene rings is 1. The van der Waals surface area contributed by atoms with Crippen LogP contribution in [0, 0.1) is 18.8 Å². The van der Waals surface area contributed by atoms with Gasteiger partial charge in [0.1, 0.15) is 0 Å². The van der Waals surface area contributed by atoms with Crippen molar-refractivity contribution in [1.82, 2.24) is 20.9 Å². The van der Waals surface area contributed by atoms with Crippen molar-refractivity contribution in [2.75, 3.05) is 45.7 Å². The first-order valence-electron chi connectivity index (χ1n) is 15.1. The number of piperidine rings is 2. The van der Waals surface area contributed by atoms with Gasteiger partial charge in [0.05, 0.1) is 5.92 Å². The molecular weight excluding hydrogens is 488 g/mol. The second-order valence-corrected chi connectivity index (χ2v) is 13.0. The van der Waals surface area contributed by atoms with Gasteiger partial charge < -0.3 is 31.5 Å². The third-order valence-corrected chi connectivity index (χ3v) is 9.51. The van der Waals surface area contributed by atoms with Crippen molar-refractivity contribution in [3.05, 3.63) is 28.8 Å². The van der Waals surface area contributed by atoms with Crippen LogP contribution in [0.3, 0.4) is 0 Å². The summed E-state index contributed by atoms with van der Waals surface area (Å²) in [6, 6.07) is 5.87. The van der Waals surface area contributed by atoms with Crippen LogP contribution in [0.2, 0.25) is 0 Å². The zero-order chi connectivity index (χ0) is 28.3. The molecule has 0 spiro atoms. The van der Waals surface area contributed by atoms with Gasteiger partial charge in [-0.15, -0.1) is 0 Å². The van der Waals surface area contributed by atoms with Crippen LogP contribution >= 0.6 is 0 Å². The molecule has 2 aliphatic heterocycles. The maximum atomic E-state index is 13.7. The van der Waals surface area contributed by atoms with Gasteiger partial charge in [0.2, 0.25) is 5.91 Å². The van der Waals surface area contributed by atoms with Gasteiger partial charge in [0.15, 0.2) is 0 Å². The van der Waals surface area contributed by atoms with Crippen molar-refractivity contribution < 1.29 is 9.59 Å². The lowest BCUT2D eigenvalue weighted by atomic mass is 9.84. The van der Waals surface area contributed by atoms with E-state index in [1.165, 1.54) is 5.56 Å². The Kier molecular flexibility index (Phi) is 9.94. The number of carbonyl (C=O) groups excluding carboxylic acids is 2. The highest BCUT2D eigenvalue weighted by molar-refractivity contribution is 5.97. The Morgan fingerprint density at radius 1 is 1.08 bits per heavy atom. The van der Waals surface area contributed by atoms with E-state index < -0.39 is 0 Å². The van der Waals surface area contributed by atoms with Gasteiger partial charge >= 0.3 is 0 Å². The quantitative estimate of drug-likeness (QED) is 0.404. The molecule has 218 valence electrons. The summed E-state index contributed by atoms with van der Waals surface area (Å²) in [5.41, 5.74) is 10.3. The van der Waals surface area contributed by atoms with Crippen molar-refractivity contribution in [3.63, 3.8) is 0 Å². The lowest BCUT2D eigenvalue weighted by molar-refractivity contribution is -0.129. The number of nitrogens with zero attached hydrogens (tertiary/aromatic N) is 2. The van der Waals surface area contributed by atoms with Crippen LogP contribution in [0.15, 0.2) is 12.1 Å². The predicted octanol–water partition coefficient (Wildman–Crippen LogP) is 2.99. The van der Waals surface area contributed by atoms with E-state index in [2.05, 4.69) is 72.9 Å². The first-order valence-corrected chi connectivity index (χ1v) is 15.1. The second-order valence-electron chi connectivity index (χ2n) is 13.0. The number of hydrogen-bond acceptors (Lipinski definition) is 6. The van der Waals surface area contributed by atoms with E-state index in [1.807, 2.05) is 6.92 Å². The average Bonchev–Trinajstić information content (AvgIpc) is 2.88. The summed E-state index contributed by atoms with van der Waals surface area (Å²) in [4.78, 5) is 31.0. The molecule has 2 amide bonds. The first kappa shape index (κ1) is 29.8. The maximum absolute atomic E-state index is 13.7. The molecule has 1 aliphatic carbocycles. The Bertz CT molecular complexity index is 997. The zero-order valence-electron chi connectivity index (χ0n) is 25.1. The fraction of sp³-hybridized carbons (Fsp3) is 0.742. The Balaban J connectivity index is 1.56. The Labute approximate surface area is 235 Å². The Morgan fingerprint density at radius 3 is 2.41 bits per heavy atom. The monoisotopic (exact) mass is 540 g/mol. The number of carbonyl (C=O) groups is 2. The zero-order valence-corrected chi connectivity index (χ0v) is 25.1. The highest BCUT2D eigenvalue weighted by Crippen LogP contribution is 2.35. The molecule has 3 fully saturated rings. The van der Waals surface area contributed by atoms with Gasteiger partial charge in [-0.25, -0.2) is 0 Å². The molecule has 2 heterocycles. The van der Waals surface area contributed by atoms with E-state index in [0.29, 0.717) is 30.6 Å². The van der Waals surface area contributed by atoms with Gasteiger partial charge in [-0.3, -0.25) is 9.59 Å². The van der Waals surface area contributed by atoms with Crippen molar-refractivity contribution in [2.45, 2.75) is 95.8 Å². The summed E-state index contributed by atoms with van der Waals surface area (Å²) >= 11 is 0.